The number of hydrogen-bond acceptors (Lipinski definition) is 4. The van der Waals surface area contributed by atoms with Crippen LogP contribution in [-0.4, -0.2) is 30.3 Å². The molecular weight excluding hydrogens is 462 g/mol. The fraction of sp³-hybridized carbons (Fsp3) is 0.0833. The van der Waals surface area contributed by atoms with Crippen molar-refractivity contribution >= 4 is 29.0 Å². The lowest BCUT2D eigenvalue weighted by Gasteiger charge is -2.11. The molecule has 0 fully saturated rings. The number of carbonyl (C=O) groups is 1. The van der Waals surface area contributed by atoms with Crippen molar-refractivity contribution in [1.82, 2.24) is 24.4 Å². The summed E-state index contributed by atoms with van der Waals surface area (Å²) in [5, 5.41) is 15.2. The van der Waals surface area contributed by atoms with Crippen LogP contribution < -0.4 is 5.32 Å². The Morgan fingerprint density at radius 3 is 2.56 bits per heavy atom. The minimum absolute atomic E-state index is 0.0280. The first kappa shape index (κ1) is 21.7. The Labute approximate surface area is 197 Å². The Morgan fingerprint density at radius 1 is 1.00 bits per heavy atom. The summed E-state index contributed by atoms with van der Waals surface area (Å²) in [6, 6.07) is 12.7. The summed E-state index contributed by atoms with van der Waals surface area (Å²) >= 11 is 6.12. The molecule has 10 heteroatoms. The van der Waals surface area contributed by atoms with Gasteiger partial charge in [-0.25, -0.2) is 8.78 Å². The van der Waals surface area contributed by atoms with Crippen LogP contribution >= 0.6 is 11.6 Å². The first-order valence-electron chi connectivity index (χ1n) is 10.2. The largest absolute Gasteiger partial charge is 0.307 e. The lowest BCUT2D eigenvalue weighted by Crippen LogP contribution is -2.14. The summed E-state index contributed by atoms with van der Waals surface area (Å²) in [4.78, 5) is 12.8. The van der Waals surface area contributed by atoms with Crippen LogP contribution in [0, 0.1) is 18.6 Å². The minimum Gasteiger partial charge on any atom is -0.307 e. The molecule has 2 aromatic carbocycles. The molecule has 0 bridgehead atoms. The topological polar surface area (TPSA) is 77.1 Å². The molecule has 0 atom stereocenters. The number of pyridine rings is 1. The van der Waals surface area contributed by atoms with Gasteiger partial charge in [0.15, 0.2) is 23.1 Å². The number of aryl methyl sites for hydroxylation is 2. The zero-order valence-electron chi connectivity index (χ0n) is 18.1. The van der Waals surface area contributed by atoms with Gasteiger partial charge in [-0.3, -0.25) is 13.9 Å². The van der Waals surface area contributed by atoms with Crippen molar-refractivity contribution in [3.8, 4) is 22.5 Å². The fourth-order valence-electron chi connectivity index (χ4n) is 3.70. The van der Waals surface area contributed by atoms with Crippen LogP contribution in [0.2, 0.25) is 5.02 Å². The predicted molar refractivity (Wildman–Crippen MR) is 125 cm³/mol. The Kier molecular flexibility index (Phi) is 5.33. The van der Waals surface area contributed by atoms with E-state index in [0.29, 0.717) is 17.0 Å². The van der Waals surface area contributed by atoms with Crippen LogP contribution in [0.25, 0.3) is 28.2 Å². The third-order valence-electron chi connectivity index (χ3n) is 5.53. The van der Waals surface area contributed by atoms with Crippen molar-refractivity contribution in [2.75, 3.05) is 5.32 Å². The highest BCUT2D eigenvalue weighted by Gasteiger charge is 2.17. The van der Waals surface area contributed by atoms with Crippen molar-refractivity contribution in [2.24, 2.45) is 7.05 Å². The molecule has 0 aliphatic rings. The summed E-state index contributed by atoms with van der Waals surface area (Å²) in [6.45, 7) is 1.94. The van der Waals surface area contributed by atoms with Crippen molar-refractivity contribution in [3.63, 3.8) is 0 Å². The van der Waals surface area contributed by atoms with Gasteiger partial charge in [0.05, 0.1) is 11.2 Å². The van der Waals surface area contributed by atoms with Gasteiger partial charge in [0.2, 0.25) is 0 Å². The molecule has 0 aliphatic heterocycles. The van der Waals surface area contributed by atoms with E-state index in [1.807, 2.05) is 19.1 Å². The summed E-state index contributed by atoms with van der Waals surface area (Å²) in [7, 11) is 1.74. The van der Waals surface area contributed by atoms with Crippen molar-refractivity contribution in [1.29, 1.82) is 0 Å². The van der Waals surface area contributed by atoms with Gasteiger partial charge in [0.25, 0.3) is 5.91 Å². The molecule has 0 saturated carbocycles. The molecule has 7 nitrogen and oxygen atoms in total. The first-order valence-corrected chi connectivity index (χ1v) is 10.6. The predicted octanol–water partition coefficient (Wildman–Crippen LogP) is 5.29. The molecule has 5 rings (SSSR count). The summed E-state index contributed by atoms with van der Waals surface area (Å²) in [6.07, 6.45) is 3.32. The Hall–Kier alpha value is -4.11. The number of anilines is 1. The molecule has 1 N–H and O–H groups in total. The second-order valence-corrected chi connectivity index (χ2v) is 8.14. The molecule has 0 unspecified atom stereocenters. The van der Waals surface area contributed by atoms with Crippen LogP contribution in [0.4, 0.5) is 14.6 Å². The number of halogens is 3. The van der Waals surface area contributed by atoms with E-state index in [4.69, 9.17) is 11.6 Å². The van der Waals surface area contributed by atoms with E-state index in [0.717, 1.165) is 28.8 Å². The zero-order chi connectivity index (χ0) is 24.0. The normalized spacial score (nSPS) is 11.2. The van der Waals surface area contributed by atoms with Crippen molar-refractivity contribution < 1.29 is 13.6 Å². The molecule has 0 aliphatic carbocycles. The number of benzene rings is 2. The van der Waals surface area contributed by atoms with Gasteiger partial charge in [-0.05, 0) is 60.0 Å². The van der Waals surface area contributed by atoms with Gasteiger partial charge in [-0.1, -0.05) is 17.7 Å². The van der Waals surface area contributed by atoms with Crippen LogP contribution in [-0.2, 0) is 7.05 Å². The number of amides is 1. The van der Waals surface area contributed by atoms with Gasteiger partial charge in [0, 0.05) is 30.4 Å². The second-order valence-electron chi connectivity index (χ2n) is 7.74. The van der Waals surface area contributed by atoms with Crippen LogP contribution in [0.1, 0.15) is 15.9 Å². The molecule has 1 amide bonds. The molecule has 170 valence electrons. The summed E-state index contributed by atoms with van der Waals surface area (Å²) < 4.78 is 30.5. The third-order valence-corrected chi connectivity index (χ3v) is 5.85. The van der Waals surface area contributed by atoms with E-state index in [1.54, 1.807) is 52.8 Å². The number of fused-ring (bicyclic) bond motifs is 1. The SMILES string of the molecule is Cc1ccc(C(=O)Nc2ccnn2C)cc1-c1ccn2c(-c3cc(F)c(F)cc3Cl)nnc2c1. The summed E-state index contributed by atoms with van der Waals surface area (Å²) in [5.74, 6) is -1.45. The molecule has 34 heavy (non-hydrogen) atoms. The highest BCUT2D eigenvalue weighted by molar-refractivity contribution is 6.33. The third kappa shape index (κ3) is 3.80. The standard InChI is InChI=1S/C24H17ClF2N6O/c1-13-3-4-15(24(34)29-21-5-7-28-32(21)2)9-16(13)14-6-8-33-22(10-14)30-31-23(33)17-11-19(26)20(27)12-18(17)25/h3-12H,1-2H3,(H,29,34). The first-order chi connectivity index (χ1) is 16.3. The number of rotatable bonds is 4. The second kappa shape index (κ2) is 8.35. The van der Waals surface area contributed by atoms with Gasteiger partial charge < -0.3 is 5.32 Å². The summed E-state index contributed by atoms with van der Waals surface area (Å²) in [5.41, 5.74) is 3.82. The lowest BCUT2D eigenvalue weighted by molar-refractivity contribution is 0.102. The molecule has 0 radical (unpaired) electrons. The molecule has 0 saturated heterocycles. The number of nitrogens with one attached hydrogen (secondary N) is 1. The van der Waals surface area contributed by atoms with E-state index in [-0.39, 0.29) is 22.3 Å². The average Bonchev–Trinajstić information content (AvgIpc) is 3.42. The maximum absolute atomic E-state index is 13.8. The molecule has 0 spiro atoms. The number of nitrogens with zero attached hydrogens (tertiary/aromatic N) is 5. The van der Waals surface area contributed by atoms with Crippen LogP contribution in [0.5, 0.6) is 0 Å². The number of carbonyl (C=O) groups excluding carboxylic acids is 1. The van der Waals surface area contributed by atoms with Crippen LogP contribution in [0.3, 0.4) is 0 Å². The highest BCUT2D eigenvalue weighted by Crippen LogP contribution is 2.31. The lowest BCUT2D eigenvalue weighted by atomic mass is 9.98. The highest BCUT2D eigenvalue weighted by atomic mass is 35.5. The van der Waals surface area contributed by atoms with E-state index in [1.165, 1.54) is 0 Å². The van der Waals surface area contributed by atoms with Crippen molar-refractivity contribution in [2.45, 2.75) is 6.92 Å². The van der Waals surface area contributed by atoms with Gasteiger partial charge >= 0.3 is 0 Å². The molecule has 3 heterocycles. The van der Waals surface area contributed by atoms with E-state index in [2.05, 4.69) is 20.6 Å². The van der Waals surface area contributed by atoms with E-state index >= 15 is 0 Å². The quantitative estimate of drug-likeness (QED) is 0.356. The zero-order valence-corrected chi connectivity index (χ0v) is 18.8. The van der Waals surface area contributed by atoms with Crippen molar-refractivity contribution in [3.05, 3.63) is 88.7 Å². The average molecular weight is 479 g/mol. The number of aromatic nitrogens is 5. The van der Waals surface area contributed by atoms with E-state index in [9.17, 15) is 13.6 Å². The molecule has 5 aromatic rings. The Bertz CT molecular complexity index is 1580. The maximum Gasteiger partial charge on any atom is 0.256 e. The van der Waals surface area contributed by atoms with E-state index < -0.39 is 11.6 Å². The monoisotopic (exact) mass is 478 g/mol. The van der Waals surface area contributed by atoms with Gasteiger partial charge in [-0.15, -0.1) is 10.2 Å². The number of hydrogen-bond donors (Lipinski definition) is 1. The Balaban J connectivity index is 1.52. The van der Waals surface area contributed by atoms with Gasteiger partial charge in [-0.2, -0.15) is 5.10 Å². The molecular formula is C24H17ClF2N6O. The Morgan fingerprint density at radius 2 is 1.79 bits per heavy atom. The minimum atomic E-state index is -1.03. The van der Waals surface area contributed by atoms with Crippen LogP contribution in [0.15, 0.2) is 60.9 Å². The van der Waals surface area contributed by atoms with Gasteiger partial charge in [0.1, 0.15) is 5.82 Å². The molecule has 3 aromatic heterocycles. The smallest absolute Gasteiger partial charge is 0.256 e. The fourth-order valence-corrected chi connectivity index (χ4v) is 3.93. The maximum atomic E-state index is 13.8.